The Morgan fingerprint density at radius 1 is 1.16 bits per heavy atom. The van der Waals surface area contributed by atoms with Gasteiger partial charge < -0.3 is 24.7 Å². The summed E-state index contributed by atoms with van der Waals surface area (Å²) >= 11 is 1.40. The minimum atomic E-state index is -0.458. The summed E-state index contributed by atoms with van der Waals surface area (Å²) < 4.78 is 12.2. The lowest BCUT2D eigenvalue weighted by molar-refractivity contribution is -0.138. The monoisotopic (exact) mass is 446 g/mol. The number of imidazole rings is 1. The van der Waals surface area contributed by atoms with E-state index in [0.29, 0.717) is 41.3 Å². The molecule has 9 nitrogen and oxygen atoms in total. The predicted molar refractivity (Wildman–Crippen MR) is 117 cm³/mol. The molecule has 1 unspecified atom stereocenters. The van der Waals surface area contributed by atoms with Crippen molar-refractivity contribution in [1.82, 2.24) is 20.2 Å². The van der Waals surface area contributed by atoms with Crippen molar-refractivity contribution in [2.24, 2.45) is 0 Å². The number of hydrogen-bond acceptors (Lipinski definition) is 7. The van der Waals surface area contributed by atoms with Crippen molar-refractivity contribution in [2.75, 3.05) is 19.0 Å². The average molecular weight is 447 g/mol. The minimum absolute atomic E-state index is 0.248. The molecule has 0 radical (unpaired) electrons. The number of hydrogen-bond donors (Lipinski definition) is 2. The molecule has 0 saturated carbocycles. The van der Waals surface area contributed by atoms with Gasteiger partial charge in [-0.05, 0) is 45.9 Å². The summed E-state index contributed by atoms with van der Waals surface area (Å²) in [7, 11) is 0. The van der Waals surface area contributed by atoms with Gasteiger partial charge in [-0.15, -0.1) is 0 Å². The molecule has 2 amide bonds. The first kappa shape index (κ1) is 22.7. The van der Waals surface area contributed by atoms with Gasteiger partial charge in [0.25, 0.3) is 0 Å². The Bertz CT molecular complexity index is 1050. The average Bonchev–Trinajstić information content (AvgIpc) is 3.08. The third-order valence-corrected chi connectivity index (χ3v) is 5.75. The van der Waals surface area contributed by atoms with Gasteiger partial charge in [-0.3, -0.25) is 0 Å². The van der Waals surface area contributed by atoms with Crippen LogP contribution in [0.25, 0.3) is 11.0 Å². The van der Waals surface area contributed by atoms with Crippen molar-refractivity contribution in [1.29, 1.82) is 0 Å². The number of ether oxygens (including phenoxy) is 2. The maximum absolute atomic E-state index is 12.4. The molecule has 0 aliphatic carbocycles. The number of carbonyl (C=O) groups is 3. The Kier molecular flexibility index (Phi) is 7.21. The summed E-state index contributed by atoms with van der Waals surface area (Å²) in [6, 6.07) is 4.46. The van der Waals surface area contributed by atoms with Crippen LogP contribution in [0.4, 0.5) is 4.79 Å². The second kappa shape index (κ2) is 9.86. The highest BCUT2D eigenvalue weighted by Gasteiger charge is 2.30. The van der Waals surface area contributed by atoms with Crippen LogP contribution < -0.4 is 10.6 Å². The Hall–Kier alpha value is -3.01. The molecule has 1 aromatic carbocycles. The molecule has 1 aliphatic heterocycles. The quantitative estimate of drug-likeness (QED) is 0.474. The lowest BCUT2D eigenvalue weighted by atomic mass is 10.1. The molecule has 2 N–H and O–H groups in total. The van der Waals surface area contributed by atoms with E-state index in [0.717, 1.165) is 10.7 Å². The Balaban J connectivity index is 1.91. The molecule has 166 valence electrons. The van der Waals surface area contributed by atoms with Crippen LogP contribution >= 0.6 is 11.8 Å². The second-order valence-electron chi connectivity index (χ2n) is 6.78. The zero-order chi connectivity index (χ0) is 22.5. The normalized spacial score (nSPS) is 16.1. The third kappa shape index (κ3) is 4.84. The molecule has 31 heavy (non-hydrogen) atoms. The second-order valence-corrected chi connectivity index (χ2v) is 7.73. The fourth-order valence-electron chi connectivity index (χ4n) is 3.39. The molecule has 2 heterocycles. The number of urea groups is 1. The molecule has 0 spiro atoms. The highest BCUT2D eigenvalue weighted by atomic mass is 32.2. The van der Waals surface area contributed by atoms with Gasteiger partial charge in [0.2, 0.25) is 0 Å². The van der Waals surface area contributed by atoms with E-state index in [1.54, 1.807) is 32.9 Å². The van der Waals surface area contributed by atoms with Crippen LogP contribution in [0.15, 0.2) is 34.6 Å². The molecular formula is C21H26N4O5S. The molecule has 1 atom stereocenters. The number of aryl methyl sites for hydroxylation is 1. The van der Waals surface area contributed by atoms with Gasteiger partial charge >= 0.3 is 18.0 Å². The van der Waals surface area contributed by atoms with E-state index in [9.17, 15) is 14.4 Å². The van der Waals surface area contributed by atoms with Gasteiger partial charge in [-0.1, -0.05) is 11.8 Å². The zero-order valence-corrected chi connectivity index (χ0v) is 18.8. The smallest absolute Gasteiger partial charge is 0.338 e. The number of esters is 2. The van der Waals surface area contributed by atoms with E-state index >= 15 is 0 Å². The Morgan fingerprint density at radius 3 is 2.55 bits per heavy atom. The van der Waals surface area contributed by atoms with Gasteiger partial charge in [0.05, 0.1) is 41.4 Å². The number of nitrogens with one attached hydrogen (secondary N) is 2. The summed E-state index contributed by atoms with van der Waals surface area (Å²) in [5.74, 6) is -0.513. The molecule has 10 heteroatoms. The number of fused-ring (bicyclic) bond motifs is 1. The van der Waals surface area contributed by atoms with Crippen molar-refractivity contribution in [3.05, 3.63) is 35.0 Å². The Morgan fingerprint density at radius 2 is 1.87 bits per heavy atom. The van der Waals surface area contributed by atoms with Gasteiger partial charge in [-0.25, -0.2) is 19.4 Å². The fourth-order valence-corrected chi connectivity index (χ4v) is 4.44. The van der Waals surface area contributed by atoms with E-state index in [1.165, 1.54) is 11.8 Å². The Labute approximate surface area is 184 Å². The van der Waals surface area contributed by atoms with Crippen molar-refractivity contribution in [3.63, 3.8) is 0 Å². The lowest BCUT2D eigenvalue weighted by Crippen LogP contribution is -2.49. The first-order valence-corrected chi connectivity index (χ1v) is 11.2. The van der Waals surface area contributed by atoms with Crippen LogP contribution in [0.5, 0.6) is 0 Å². The topological polar surface area (TPSA) is 112 Å². The standard InChI is InChI=1S/C21H26N4O5S/c1-5-25-16-9-8-13(18(26)29-6-2)10-14(16)24-21(25)31-11-15-17(19(27)30-7-3)12(4)22-20(28)23-15/h8-10,12H,5-7,11H2,1-4H3,(H2,22,23,28). The van der Waals surface area contributed by atoms with Crippen LogP contribution in [0, 0.1) is 0 Å². The summed E-state index contributed by atoms with van der Waals surface area (Å²) in [5.41, 5.74) is 2.91. The van der Waals surface area contributed by atoms with E-state index in [-0.39, 0.29) is 18.6 Å². The lowest BCUT2D eigenvalue weighted by Gasteiger charge is -2.26. The van der Waals surface area contributed by atoms with Crippen LogP contribution in [0.1, 0.15) is 38.1 Å². The highest BCUT2D eigenvalue weighted by molar-refractivity contribution is 7.99. The van der Waals surface area contributed by atoms with Gasteiger partial charge in [0.1, 0.15) is 0 Å². The van der Waals surface area contributed by atoms with E-state index < -0.39 is 12.0 Å². The van der Waals surface area contributed by atoms with E-state index in [4.69, 9.17) is 9.47 Å². The number of amides is 2. The maximum atomic E-state index is 12.4. The van der Waals surface area contributed by atoms with E-state index in [2.05, 4.69) is 15.6 Å². The van der Waals surface area contributed by atoms with Crippen molar-refractivity contribution in [2.45, 2.75) is 45.4 Å². The van der Waals surface area contributed by atoms with Crippen molar-refractivity contribution in [3.8, 4) is 0 Å². The van der Waals surface area contributed by atoms with Crippen molar-refractivity contribution < 1.29 is 23.9 Å². The molecule has 0 saturated heterocycles. The molecule has 1 aromatic heterocycles. The van der Waals surface area contributed by atoms with Crippen molar-refractivity contribution >= 4 is 40.8 Å². The summed E-state index contributed by atoms with van der Waals surface area (Å²) in [6.07, 6.45) is 0. The summed E-state index contributed by atoms with van der Waals surface area (Å²) in [6.45, 7) is 8.47. The molecular weight excluding hydrogens is 420 g/mol. The number of benzene rings is 1. The predicted octanol–water partition coefficient (Wildman–Crippen LogP) is 2.84. The van der Waals surface area contributed by atoms with Crippen LogP contribution in [-0.2, 0) is 20.8 Å². The summed E-state index contributed by atoms with van der Waals surface area (Å²) in [5, 5.41) is 6.13. The summed E-state index contributed by atoms with van der Waals surface area (Å²) in [4.78, 5) is 41.1. The van der Waals surface area contributed by atoms with Gasteiger partial charge in [0, 0.05) is 18.0 Å². The highest BCUT2D eigenvalue weighted by Crippen LogP contribution is 2.28. The van der Waals surface area contributed by atoms with Crippen LogP contribution in [0.3, 0.4) is 0 Å². The largest absolute Gasteiger partial charge is 0.463 e. The van der Waals surface area contributed by atoms with E-state index in [1.807, 2.05) is 17.6 Å². The molecule has 1 aliphatic rings. The number of nitrogens with zero attached hydrogens (tertiary/aromatic N) is 2. The molecule has 0 fully saturated rings. The first-order valence-electron chi connectivity index (χ1n) is 10.2. The molecule has 3 rings (SSSR count). The number of carbonyl (C=O) groups excluding carboxylic acids is 3. The zero-order valence-electron chi connectivity index (χ0n) is 18.0. The first-order chi connectivity index (χ1) is 14.9. The maximum Gasteiger partial charge on any atom is 0.338 e. The fraction of sp³-hybridized carbons (Fsp3) is 0.429. The number of aromatic nitrogens is 2. The number of rotatable bonds is 8. The van der Waals surface area contributed by atoms with Crippen LogP contribution in [-0.4, -0.2) is 52.5 Å². The molecule has 2 aromatic rings. The minimum Gasteiger partial charge on any atom is -0.463 e. The van der Waals surface area contributed by atoms with Gasteiger partial charge in [-0.2, -0.15) is 0 Å². The molecule has 0 bridgehead atoms. The SMILES string of the molecule is CCOC(=O)C1=C(CSc2nc3cc(C(=O)OCC)ccc3n2CC)NC(=O)NC1C. The van der Waals surface area contributed by atoms with Gasteiger partial charge in [0.15, 0.2) is 5.16 Å². The third-order valence-electron chi connectivity index (χ3n) is 4.75. The van der Waals surface area contributed by atoms with Crippen LogP contribution in [0.2, 0.25) is 0 Å². The number of thioether (sulfide) groups is 1.